The standard InChI is InChI=1S/C20H28N4O3S/c1-14-11-16-18(17(12-14)24(26)27)28-20(21-19(16)25)23-9-7-22(8-10-23)13-15-5-3-2-4-6-15/h11,15,25H,2-10,12-13H2,1H3/i11D,12D. The molecule has 0 aromatic heterocycles. The van der Waals surface area contributed by atoms with Crippen molar-refractivity contribution >= 4 is 16.9 Å². The van der Waals surface area contributed by atoms with E-state index in [0.29, 0.717) is 5.17 Å². The maximum atomic E-state index is 11.7. The molecule has 4 aliphatic rings. The van der Waals surface area contributed by atoms with Gasteiger partial charge in [-0.2, -0.15) is 4.99 Å². The van der Waals surface area contributed by atoms with Gasteiger partial charge in [-0.3, -0.25) is 15.0 Å². The van der Waals surface area contributed by atoms with Gasteiger partial charge in [0.1, 0.15) is 4.91 Å². The van der Waals surface area contributed by atoms with Crippen LogP contribution in [-0.4, -0.2) is 57.7 Å². The van der Waals surface area contributed by atoms with Gasteiger partial charge < -0.3 is 10.0 Å². The number of aliphatic hydroxyl groups is 1. The van der Waals surface area contributed by atoms with Crippen LogP contribution in [0.4, 0.5) is 0 Å². The molecule has 7 nitrogen and oxygen atoms in total. The molecule has 0 spiro atoms. The summed E-state index contributed by atoms with van der Waals surface area (Å²) in [5.74, 6) is 0.426. The largest absolute Gasteiger partial charge is 0.493 e. The number of thioether (sulfide) groups is 1. The van der Waals surface area contributed by atoms with Crippen LogP contribution in [0.25, 0.3) is 0 Å². The number of hydrogen-bond acceptors (Lipinski definition) is 7. The van der Waals surface area contributed by atoms with Crippen molar-refractivity contribution < 1.29 is 12.8 Å². The number of rotatable bonds is 3. The van der Waals surface area contributed by atoms with Gasteiger partial charge in [-0.1, -0.05) is 24.8 Å². The monoisotopic (exact) mass is 406 g/mol. The Balaban J connectivity index is 1.50. The van der Waals surface area contributed by atoms with Crippen molar-refractivity contribution in [3.05, 3.63) is 43.8 Å². The van der Waals surface area contributed by atoms with Crippen LogP contribution < -0.4 is 0 Å². The van der Waals surface area contributed by atoms with Gasteiger partial charge in [0.05, 0.1) is 18.3 Å². The molecule has 0 amide bonds. The normalized spacial score (nSPS) is 28.8. The predicted octanol–water partition coefficient (Wildman–Crippen LogP) is 3.90. The molecule has 8 heteroatoms. The smallest absolute Gasteiger partial charge is 0.264 e. The Morgan fingerprint density at radius 2 is 2.07 bits per heavy atom. The van der Waals surface area contributed by atoms with E-state index in [-0.39, 0.29) is 33.7 Å². The van der Waals surface area contributed by atoms with Crippen LogP contribution in [0.5, 0.6) is 0 Å². The van der Waals surface area contributed by atoms with Crippen LogP contribution in [0.15, 0.2) is 38.7 Å². The summed E-state index contributed by atoms with van der Waals surface area (Å²) >= 11 is 1.11. The predicted molar refractivity (Wildman–Crippen MR) is 112 cm³/mol. The van der Waals surface area contributed by atoms with Gasteiger partial charge in [-0.05, 0) is 43.5 Å². The van der Waals surface area contributed by atoms with E-state index in [9.17, 15) is 15.2 Å². The topological polar surface area (TPSA) is 82.2 Å². The highest BCUT2D eigenvalue weighted by Gasteiger charge is 2.34. The highest BCUT2D eigenvalue weighted by Crippen LogP contribution is 2.42. The van der Waals surface area contributed by atoms with Crippen LogP contribution >= 0.6 is 11.8 Å². The molecule has 1 atom stereocenters. The fraction of sp³-hybridized carbons (Fsp3) is 0.650. The van der Waals surface area contributed by atoms with E-state index in [1.54, 1.807) is 0 Å². The third-order valence-electron chi connectivity index (χ3n) is 5.83. The van der Waals surface area contributed by atoms with Gasteiger partial charge in [-0.15, -0.1) is 0 Å². The molecule has 1 N–H and O–H groups in total. The number of hydrogen-bond donors (Lipinski definition) is 1. The summed E-state index contributed by atoms with van der Waals surface area (Å²) < 4.78 is 16.4. The lowest BCUT2D eigenvalue weighted by atomic mass is 9.89. The zero-order chi connectivity index (χ0) is 21.4. The number of fused-ring (bicyclic) bond motifs is 1. The fourth-order valence-electron chi connectivity index (χ4n) is 4.34. The average Bonchev–Trinajstić information content (AvgIpc) is 2.73. The van der Waals surface area contributed by atoms with Crippen molar-refractivity contribution in [2.45, 2.75) is 45.4 Å². The number of piperazine rings is 1. The van der Waals surface area contributed by atoms with E-state index in [2.05, 4.69) is 9.89 Å². The van der Waals surface area contributed by atoms with E-state index in [1.807, 2.05) is 4.90 Å². The van der Waals surface area contributed by atoms with Gasteiger partial charge in [0.15, 0.2) is 5.17 Å². The molecule has 1 saturated carbocycles. The lowest BCUT2D eigenvalue weighted by Crippen LogP contribution is -2.49. The number of amidine groups is 1. The summed E-state index contributed by atoms with van der Waals surface area (Å²) in [6.07, 6.45) is 5.46. The number of allylic oxidation sites excluding steroid dienone is 3. The van der Waals surface area contributed by atoms with E-state index < -0.39 is 11.3 Å². The Labute approximate surface area is 172 Å². The van der Waals surface area contributed by atoms with Crippen molar-refractivity contribution in [3.8, 4) is 0 Å². The Morgan fingerprint density at radius 1 is 1.36 bits per heavy atom. The lowest BCUT2D eigenvalue weighted by molar-refractivity contribution is -0.427. The summed E-state index contributed by atoms with van der Waals surface area (Å²) in [6, 6.07) is -0.0410. The quantitative estimate of drug-likeness (QED) is 0.565. The minimum absolute atomic E-state index is 0.0410. The Kier molecular flexibility index (Phi) is 5.06. The van der Waals surface area contributed by atoms with Crippen LogP contribution in [-0.2, 0) is 0 Å². The molecular weight excluding hydrogens is 376 g/mol. The van der Waals surface area contributed by atoms with Crippen molar-refractivity contribution in [2.24, 2.45) is 10.9 Å². The average molecular weight is 407 g/mol. The minimum atomic E-state index is -1.21. The Bertz CT molecular complexity index is 856. The third-order valence-corrected chi connectivity index (χ3v) is 6.98. The van der Waals surface area contributed by atoms with Crippen molar-refractivity contribution in [1.29, 1.82) is 0 Å². The molecule has 2 fully saturated rings. The zero-order valence-electron chi connectivity index (χ0n) is 18.2. The van der Waals surface area contributed by atoms with Gasteiger partial charge in [0.2, 0.25) is 5.88 Å². The van der Waals surface area contributed by atoms with E-state index in [0.717, 1.165) is 50.4 Å². The van der Waals surface area contributed by atoms with Gasteiger partial charge in [0.25, 0.3) is 5.70 Å². The van der Waals surface area contributed by atoms with E-state index in [4.69, 9.17) is 2.74 Å². The first-order valence-corrected chi connectivity index (χ1v) is 10.8. The van der Waals surface area contributed by atoms with Crippen molar-refractivity contribution in [2.75, 3.05) is 32.7 Å². The SMILES string of the molecule is [2H]C1=C(C)C([2H])C([N+](=O)[O-])=C2SC(N3CCN(CC4CCCCC4)CC3)=NC(O)=C12. The zero-order valence-corrected chi connectivity index (χ0v) is 17.0. The molecule has 1 unspecified atom stereocenters. The first kappa shape index (κ1) is 17.1. The maximum absolute atomic E-state index is 11.7. The third kappa shape index (κ3) is 4.12. The Morgan fingerprint density at radius 3 is 2.75 bits per heavy atom. The molecular formula is C20H28N4O3S. The summed E-state index contributed by atoms with van der Waals surface area (Å²) in [7, 11) is 0. The summed E-state index contributed by atoms with van der Waals surface area (Å²) in [5, 5.41) is 22.7. The molecule has 0 bridgehead atoms. The molecule has 152 valence electrons. The van der Waals surface area contributed by atoms with Gasteiger partial charge >= 0.3 is 0 Å². The number of nitrogens with zero attached hydrogens (tertiary/aromatic N) is 4. The van der Waals surface area contributed by atoms with Crippen LogP contribution in [0.3, 0.4) is 0 Å². The maximum Gasteiger partial charge on any atom is 0.264 e. The van der Waals surface area contributed by atoms with Crippen LogP contribution in [0.2, 0.25) is 0 Å². The molecule has 4 rings (SSSR count). The highest BCUT2D eigenvalue weighted by atomic mass is 32.2. The minimum Gasteiger partial charge on any atom is -0.493 e. The number of aliphatic hydroxyl groups excluding tert-OH is 1. The van der Waals surface area contributed by atoms with Gasteiger partial charge in [0, 0.05) is 34.1 Å². The second-order valence-electron chi connectivity index (χ2n) is 7.91. The summed E-state index contributed by atoms with van der Waals surface area (Å²) in [4.78, 5) is 20.1. The number of aliphatic imine (C=N–C) groups is 1. The molecule has 2 aliphatic carbocycles. The van der Waals surface area contributed by atoms with Crippen molar-refractivity contribution in [1.82, 2.24) is 9.80 Å². The molecule has 0 radical (unpaired) electrons. The second kappa shape index (κ2) is 8.29. The molecule has 1 saturated heterocycles. The molecule has 2 aliphatic heterocycles. The lowest BCUT2D eigenvalue weighted by Gasteiger charge is -2.39. The summed E-state index contributed by atoms with van der Waals surface area (Å²) in [6.45, 7) is 5.95. The fourth-order valence-corrected chi connectivity index (χ4v) is 5.45. The summed E-state index contributed by atoms with van der Waals surface area (Å²) in [5.41, 5.74) is 0.0494. The molecule has 2 heterocycles. The van der Waals surface area contributed by atoms with Crippen LogP contribution in [0, 0.1) is 16.0 Å². The Hall–Kier alpha value is -1.80. The first-order valence-electron chi connectivity index (χ1n) is 11.1. The van der Waals surface area contributed by atoms with E-state index >= 15 is 0 Å². The van der Waals surface area contributed by atoms with Crippen molar-refractivity contribution in [3.63, 3.8) is 0 Å². The van der Waals surface area contributed by atoms with E-state index in [1.165, 1.54) is 39.0 Å². The number of nitro groups is 1. The van der Waals surface area contributed by atoms with Gasteiger partial charge in [-0.25, -0.2) is 0 Å². The molecule has 0 aromatic rings. The molecule has 28 heavy (non-hydrogen) atoms. The second-order valence-corrected chi connectivity index (χ2v) is 8.89. The first-order chi connectivity index (χ1) is 14.4. The highest BCUT2D eigenvalue weighted by molar-refractivity contribution is 8.17. The molecule has 0 aromatic carbocycles. The van der Waals surface area contributed by atoms with Crippen LogP contribution in [0.1, 0.15) is 48.2 Å².